The molecular weight excluding hydrogens is 280 g/mol. The van der Waals surface area contributed by atoms with E-state index in [1.807, 2.05) is 44.2 Å². The van der Waals surface area contributed by atoms with Crippen LogP contribution < -0.4 is 11.0 Å². The van der Waals surface area contributed by atoms with Gasteiger partial charge in [-0.2, -0.15) is 9.62 Å². The van der Waals surface area contributed by atoms with Crippen LogP contribution in [0.2, 0.25) is 0 Å². The summed E-state index contributed by atoms with van der Waals surface area (Å²) in [7, 11) is 0. The first-order chi connectivity index (χ1) is 10.6. The number of aryl methyl sites for hydroxylation is 2. The Morgan fingerprint density at radius 3 is 2.68 bits per heavy atom. The second-order valence-electron chi connectivity index (χ2n) is 5.04. The largest absolute Gasteiger partial charge is 0.294 e. The molecule has 1 aromatic carbocycles. The molecule has 3 rings (SSSR count). The number of hydrogen-bond acceptors (Lipinski definition) is 5. The highest BCUT2D eigenvalue weighted by Gasteiger charge is 2.15. The van der Waals surface area contributed by atoms with Crippen LogP contribution in [0.1, 0.15) is 23.9 Å². The minimum atomic E-state index is -0.205. The van der Waals surface area contributed by atoms with Gasteiger partial charge in [-0.15, -0.1) is 10.2 Å². The average Bonchev–Trinajstić information content (AvgIpc) is 2.87. The molecule has 2 aromatic heterocycles. The van der Waals surface area contributed by atoms with Crippen LogP contribution in [0.5, 0.6) is 0 Å². The first kappa shape index (κ1) is 14.0. The van der Waals surface area contributed by atoms with Gasteiger partial charge in [0.15, 0.2) is 5.65 Å². The summed E-state index contributed by atoms with van der Waals surface area (Å²) >= 11 is 0. The molecule has 2 N–H and O–H groups in total. The maximum atomic E-state index is 12.1. The average molecular weight is 296 g/mol. The van der Waals surface area contributed by atoms with Crippen LogP contribution in [0.25, 0.3) is 5.65 Å². The Balaban J connectivity index is 2.04. The summed E-state index contributed by atoms with van der Waals surface area (Å²) in [5.74, 6) is 0. The minimum absolute atomic E-state index is 0.205. The number of H-pyrrole nitrogens is 1. The van der Waals surface area contributed by atoms with Crippen molar-refractivity contribution in [1.82, 2.24) is 19.8 Å². The normalized spacial score (nSPS) is 11.9. The molecule has 7 heteroatoms. The summed E-state index contributed by atoms with van der Waals surface area (Å²) in [5.41, 5.74) is 6.80. The van der Waals surface area contributed by atoms with Crippen molar-refractivity contribution in [3.63, 3.8) is 0 Å². The Labute approximate surface area is 126 Å². The third-order valence-corrected chi connectivity index (χ3v) is 3.39. The Kier molecular flexibility index (Phi) is 3.46. The van der Waals surface area contributed by atoms with Gasteiger partial charge >= 0.3 is 0 Å². The van der Waals surface area contributed by atoms with Gasteiger partial charge in [-0.3, -0.25) is 15.3 Å². The van der Waals surface area contributed by atoms with Crippen LogP contribution in [0, 0.1) is 13.8 Å². The first-order valence-electron chi connectivity index (χ1n) is 6.88. The molecule has 0 bridgehead atoms. The zero-order chi connectivity index (χ0) is 15.7. The van der Waals surface area contributed by atoms with E-state index in [1.54, 1.807) is 6.92 Å². The zero-order valence-electron chi connectivity index (χ0n) is 12.6. The third kappa shape index (κ3) is 2.37. The van der Waals surface area contributed by atoms with E-state index in [-0.39, 0.29) is 5.56 Å². The van der Waals surface area contributed by atoms with Crippen molar-refractivity contribution in [3.8, 4) is 0 Å². The summed E-state index contributed by atoms with van der Waals surface area (Å²) in [6.07, 6.45) is 0. The molecule has 0 saturated carbocycles. The number of rotatable bonds is 3. The third-order valence-electron chi connectivity index (χ3n) is 3.39. The molecule has 0 atom stereocenters. The van der Waals surface area contributed by atoms with Crippen LogP contribution >= 0.6 is 0 Å². The quantitative estimate of drug-likeness (QED) is 0.570. The van der Waals surface area contributed by atoms with Gasteiger partial charge in [0, 0.05) is 5.69 Å². The fraction of sp³-hybridized carbons (Fsp3) is 0.200. The second-order valence-corrected chi connectivity index (χ2v) is 5.04. The number of aromatic amines is 1. The molecule has 22 heavy (non-hydrogen) atoms. The molecule has 3 aromatic rings. The van der Waals surface area contributed by atoms with Crippen molar-refractivity contribution in [2.75, 3.05) is 5.43 Å². The monoisotopic (exact) mass is 296 g/mol. The lowest BCUT2D eigenvalue weighted by Crippen LogP contribution is -2.19. The maximum Gasteiger partial charge on any atom is 0.294 e. The highest BCUT2D eigenvalue weighted by Crippen LogP contribution is 2.13. The van der Waals surface area contributed by atoms with Gasteiger partial charge in [0.05, 0.1) is 17.0 Å². The Hall–Kier alpha value is -2.96. The lowest BCUT2D eigenvalue weighted by atomic mass is 10.2. The lowest BCUT2D eigenvalue weighted by Gasteiger charge is -2.02. The molecular formula is C15H16N6O. The molecule has 0 radical (unpaired) electrons. The van der Waals surface area contributed by atoms with E-state index >= 15 is 0 Å². The zero-order valence-corrected chi connectivity index (χ0v) is 12.6. The number of fused-ring (bicyclic) bond motifs is 1. The van der Waals surface area contributed by atoms with Gasteiger partial charge in [-0.05, 0) is 32.9 Å². The molecule has 0 spiro atoms. The SMILES string of the molecule is C/C(=N\Nc1ccccc1)c1c(C)[nH]n2c(=O)c(C)nnc12. The number of nitrogens with zero attached hydrogens (tertiary/aromatic N) is 4. The Morgan fingerprint density at radius 2 is 1.95 bits per heavy atom. The van der Waals surface area contributed by atoms with E-state index in [1.165, 1.54) is 4.52 Å². The summed E-state index contributed by atoms with van der Waals surface area (Å²) in [6.45, 7) is 5.37. The highest BCUT2D eigenvalue weighted by atomic mass is 16.1. The van der Waals surface area contributed by atoms with Gasteiger partial charge in [0.25, 0.3) is 5.56 Å². The van der Waals surface area contributed by atoms with Gasteiger partial charge in [-0.25, -0.2) is 0 Å². The van der Waals surface area contributed by atoms with Crippen LogP contribution in [-0.4, -0.2) is 25.5 Å². The summed E-state index contributed by atoms with van der Waals surface area (Å²) in [5, 5.41) is 15.4. The van der Waals surface area contributed by atoms with Crippen LogP contribution in [-0.2, 0) is 0 Å². The maximum absolute atomic E-state index is 12.1. The van der Waals surface area contributed by atoms with Crippen molar-refractivity contribution in [3.05, 3.63) is 57.6 Å². The number of nitrogens with one attached hydrogen (secondary N) is 2. The Morgan fingerprint density at radius 1 is 1.23 bits per heavy atom. The Bertz CT molecular complexity index is 907. The van der Waals surface area contributed by atoms with Crippen molar-refractivity contribution >= 4 is 17.0 Å². The van der Waals surface area contributed by atoms with Crippen LogP contribution in [0.4, 0.5) is 5.69 Å². The number of hydrazone groups is 1. The molecule has 0 aliphatic carbocycles. The summed E-state index contributed by atoms with van der Waals surface area (Å²) in [6, 6.07) is 9.64. The van der Waals surface area contributed by atoms with E-state index < -0.39 is 0 Å². The molecule has 0 aliphatic rings. The van der Waals surface area contributed by atoms with Gasteiger partial charge in [0.2, 0.25) is 0 Å². The fourth-order valence-corrected chi connectivity index (χ4v) is 2.27. The van der Waals surface area contributed by atoms with E-state index in [0.29, 0.717) is 11.3 Å². The predicted molar refractivity (Wildman–Crippen MR) is 85.4 cm³/mol. The summed E-state index contributed by atoms with van der Waals surface area (Å²) < 4.78 is 1.40. The number of para-hydroxylation sites is 1. The molecule has 0 unspecified atom stereocenters. The standard InChI is InChI=1S/C15H16N6O/c1-9(16-18-12-7-5-4-6-8-12)13-10(2)20-21-14(13)19-17-11(3)15(21)22/h4-8,18,20H,1-3H3/b16-9+. The van der Waals surface area contributed by atoms with E-state index in [9.17, 15) is 4.79 Å². The lowest BCUT2D eigenvalue weighted by molar-refractivity contribution is 0.817. The summed E-state index contributed by atoms with van der Waals surface area (Å²) in [4.78, 5) is 12.1. The van der Waals surface area contributed by atoms with Gasteiger partial charge < -0.3 is 0 Å². The van der Waals surface area contributed by atoms with Crippen LogP contribution in [0.15, 0.2) is 40.2 Å². The van der Waals surface area contributed by atoms with Crippen molar-refractivity contribution in [2.45, 2.75) is 20.8 Å². The second kappa shape index (κ2) is 5.44. The fourth-order valence-electron chi connectivity index (χ4n) is 2.27. The minimum Gasteiger partial charge on any atom is -0.293 e. The van der Waals surface area contributed by atoms with E-state index in [4.69, 9.17) is 0 Å². The number of benzene rings is 1. The number of hydrogen-bond donors (Lipinski definition) is 2. The highest BCUT2D eigenvalue weighted by molar-refractivity contribution is 6.05. The van der Waals surface area contributed by atoms with Crippen LogP contribution in [0.3, 0.4) is 0 Å². The van der Waals surface area contributed by atoms with Crippen molar-refractivity contribution < 1.29 is 0 Å². The molecule has 112 valence electrons. The van der Waals surface area contributed by atoms with Gasteiger partial charge in [-0.1, -0.05) is 18.2 Å². The molecule has 0 fully saturated rings. The predicted octanol–water partition coefficient (Wildman–Crippen LogP) is 1.87. The van der Waals surface area contributed by atoms with E-state index in [2.05, 4.69) is 25.8 Å². The number of aromatic nitrogens is 4. The van der Waals surface area contributed by atoms with Gasteiger partial charge in [0.1, 0.15) is 5.69 Å². The molecule has 7 nitrogen and oxygen atoms in total. The van der Waals surface area contributed by atoms with E-state index in [0.717, 1.165) is 22.7 Å². The van der Waals surface area contributed by atoms with Crippen molar-refractivity contribution in [1.29, 1.82) is 0 Å². The number of anilines is 1. The van der Waals surface area contributed by atoms with Crippen molar-refractivity contribution in [2.24, 2.45) is 5.10 Å². The topological polar surface area (TPSA) is 87.4 Å². The molecule has 0 aliphatic heterocycles. The molecule has 2 heterocycles. The first-order valence-corrected chi connectivity index (χ1v) is 6.88. The smallest absolute Gasteiger partial charge is 0.293 e. The molecule has 0 saturated heterocycles. The molecule has 0 amide bonds.